The van der Waals surface area contributed by atoms with Crippen LogP contribution >= 0.6 is 0 Å². The van der Waals surface area contributed by atoms with Gasteiger partial charge in [-0.1, -0.05) is 30.3 Å². The van der Waals surface area contributed by atoms with Gasteiger partial charge in [-0.15, -0.1) is 5.10 Å². The van der Waals surface area contributed by atoms with Crippen LogP contribution in [0.25, 0.3) is 0 Å². The van der Waals surface area contributed by atoms with E-state index in [4.69, 9.17) is 5.73 Å². The van der Waals surface area contributed by atoms with E-state index in [1.165, 1.54) is 0 Å². The minimum Gasteiger partial charge on any atom is -0.366 e. The molecule has 98 valence electrons. The minimum atomic E-state index is -0.273. The molecule has 1 unspecified atom stereocenters. The molecule has 6 heteroatoms. The fourth-order valence-electron chi connectivity index (χ4n) is 2.15. The molecule has 1 heterocycles. The smallest absolute Gasteiger partial charge is 0.289 e. The molecule has 1 amide bonds. The Kier molecular flexibility index (Phi) is 2.91. The van der Waals surface area contributed by atoms with Crippen molar-refractivity contribution < 1.29 is 4.79 Å². The highest BCUT2D eigenvalue weighted by molar-refractivity contribution is 5.90. The molecule has 1 fully saturated rings. The first-order chi connectivity index (χ1) is 9.24. The van der Waals surface area contributed by atoms with Crippen molar-refractivity contribution in [3.8, 4) is 0 Å². The number of benzene rings is 1. The van der Waals surface area contributed by atoms with Crippen molar-refractivity contribution in [2.24, 2.45) is 5.92 Å². The van der Waals surface area contributed by atoms with Crippen molar-refractivity contribution in [2.75, 3.05) is 5.73 Å². The summed E-state index contributed by atoms with van der Waals surface area (Å²) in [7, 11) is 0. The summed E-state index contributed by atoms with van der Waals surface area (Å²) >= 11 is 0. The van der Waals surface area contributed by atoms with E-state index in [0.717, 1.165) is 18.4 Å². The first kappa shape index (κ1) is 11.7. The molecule has 0 aliphatic heterocycles. The molecule has 4 N–H and O–H groups in total. The van der Waals surface area contributed by atoms with Crippen LogP contribution < -0.4 is 11.1 Å². The SMILES string of the molecule is Nc1n[nH]c(C(=O)NC(c2ccccc2)C2CC2)n1. The van der Waals surface area contributed by atoms with E-state index in [2.05, 4.69) is 20.5 Å². The first-order valence-corrected chi connectivity index (χ1v) is 6.28. The highest BCUT2D eigenvalue weighted by atomic mass is 16.2. The lowest BCUT2D eigenvalue weighted by molar-refractivity contribution is 0.0921. The standard InChI is InChI=1S/C13H15N5O/c14-13-16-11(17-18-13)12(19)15-10(9-6-7-9)8-4-2-1-3-5-8/h1-5,9-10H,6-7H2,(H,15,19)(H3,14,16,17,18). The number of nitrogens with two attached hydrogens (primary N) is 1. The second-order valence-corrected chi connectivity index (χ2v) is 4.74. The third-order valence-corrected chi connectivity index (χ3v) is 3.26. The lowest BCUT2D eigenvalue weighted by Crippen LogP contribution is -2.30. The predicted molar refractivity (Wildman–Crippen MR) is 70.2 cm³/mol. The Balaban J connectivity index is 1.77. The summed E-state index contributed by atoms with van der Waals surface area (Å²) in [6.07, 6.45) is 2.27. The molecule has 0 spiro atoms. The molecule has 1 aliphatic rings. The number of rotatable bonds is 4. The predicted octanol–water partition coefficient (Wildman–Crippen LogP) is 1.27. The molecule has 3 rings (SSSR count). The number of amides is 1. The number of hydrogen-bond acceptors (Lipinski definition) is 4. The normalized spacial score (nSPS) is 16.0. The number of nitrogens with one attached hydrogen (secondary N) is 2. The molecule has 0 saturated heterocycles. The Hall–Kier alpha value is -2.37. The number of aromatic nitrogens is 3. The molecule has 6 nitrogen and oxygen atoms in total. The monoisotopic (exact) mass is 257 g/mol. The third kappa shape index (κ3) is 2.57. The number of carbonyl (C=O) groups is 1. The Morgan fingerprint density at radius 1 is 1.37 bits per heavy atom. The summed E-state index contributed by atoms with van der Waals surface area (Å²) in [5.41, 5.74) is 6.51. The number of anilines is 1. The van der Waals surface area contributed by atoms with Gasteiger partial charge in [0.2, 0.25) is 11.8 Å². The van der Waals surface area contributed by atoms with Crippen LogP contribution in [0.2, 0.25) is 0 Å². The molecular weight excluding hydrogens is 242 g/mol. The molecule has 19 heavy (non-hydrogen) atoms. The lowest BCUT2D eigenvalue weighted by Gasteiger charge is -2.17. The van der Waals surface area contributed by atoms with Gasteiger partial charge in [0.05, 0.1) is 6.04 Å². The molecule has 1 aromatic heterocycles. The van der Waals surface area contributed by atoms with Crippen LogP contribution in [0.1, 0.15) is 35.1 Å². The Bertz CT molecular complexity index is 576. The molecule has 0 radical (unpaired) electrons. The van der Waals surface area contributed by atoms with Crippen molar-refractivity contribution in [3.63, 3.8) is 0 Å². The zero-order chi connectivity index (χ0) is 13.2. The second-order valence-electron chi connectivity index (χ2n) is 4.74. The fourth-order valence-corrected chi connectivity index (χ4v) is 2.15. The summed E-state index contributed by atoms with van der Waals surface area (Å²) in [4.78, 5) is 15.9. The lowest BCUT2D eigenvalue weighted by atomic mass is 10.0. The van der Waals surface area contributed by atoms with Gasteiger partial charge in [0.15, 0.2) is 0 Å². The summed E-state index contributed by atoms with van der Waals surface area (Å²) in [5, 5.41) is 9.18. The Labute approximate surface area is 110 Å². The van der Waals surface area contributed by atoms with E-state index in [-0.39, 0.29) is 23.7 Å². The maximum atomic E-state index is 12.1. The molecule has 1 atom stereocenters. The Morgan fingerprint density at radius 3 is 2.68 bits per heavy atom. The highest BCUT2D eigenvalue weighted by Crippen LogP contribution is 2.40. The van der Waals surface area contributed by atoms with Crippen LogP contribution in [0.5, 0.6) is 0 Å². The Morgan fingerprint density at radius 2 is 2.11 bits per heavy atom. The summed E-state index contributed by atoms with van der Waals surface area (Å²) in [6, 6.07) is 10.00. The van der Waals surface area contributed by atoms with E-state index in [9.17, 15) is 4.79 Å². The zero-order valence-electron chi connectivity index (χ0n) is 10.3. The average molecular weight is 257 g/mol. The van der Waals surface area contributed by atoms with Gasteiger partial charge in [0.1, 0.15) is 0 Å². The molecule has 1 aromatic carbocycles. The van der Waals surface area contributed by atoms with Gasteiger partial charge >= 0.3 is 0 Å². The molecule has 2 aromatic rings. The third-order valence-electron chi connectivity index (χ3n) is 3.26. The number of H-pyrrole nitrogens is 1. The maximum Gasteiger partial charge on any atom is 0.289 e. The number of aromatic amines is 1. The van der Waals surface area contributed by atoms with Gasteiger partial charge in [-0.05, 0) is 24.3 Å². The summed E-state index contributed by atoms with van der Waals surface area (Å²) < 4.78 is 0. The van der Waals surface area contributed by atoms with Crippen LogP contribution in [0.15, 0.2) is 30.3 Å². The average Bonchev–Trinajstić information content (AvgIpc) is 3.18. The van der Waals surface area contributed by atoms with Gasteiger partial charge in [-0.3, -0.25) is 9.89 Å². The van der Waals surface area contributed by atoms with Crippen LogP contribution in [0, 0.1) is 5.92 Å². The van der Waals surface area contributed by atoms with Gasteiger partial charge in [0, 0.05) is 0 Å². The van der Waals surface area contributed by atoms with E-state index in [1.807, 2.05) is 30.3 Å². The van der Waals surface area contributed by atoms with Gasteiger partial charge in [-0.25, -0.2) is 0 Å². The van der Waals surface area contributed by atoms with Crippen LogP contribution in [0.3, 0.4) is 0 Å². The van der Waals surface area contributed by atoms with Crippen molar-refractivity contribution in [3.05, 3.63) is 41.7 Å². The number of hydrogen-bond donors (Lipinski definition) is 3. The molecule has 1 aliphatic carbocycles. The summed E-state index contributed by atoms with van der Waals surface area (Å²) in [5.74, 6) is 0.462. The summed E-state index contributed by atoms with van der Waals surface area (Å²) in [6.45, 7) is 0. The number of nitrogen functional groups attached to an aromatic ring is 1. The molecule has 0 bridgehead atoms. The van der Waals surface area contributed by atoms with Crippen molar-refractivity contribution in [1.82, 2.24) is 20.5 Å². The number of nitrogens with zero attached hydrogens (tertiary/aromatic N) is 2. The van der Waals surface area contributed by atoms with Crippen LogP contribution in [-0.2, 0) is 0 Å². The van der Waals surface area contributed by atoms with E-state index >= 15 is 0 Å². The molecule has 1 saturated carbocycles. The fraction of sp³-hybridized carbons (Fsp3) is 0.308. The minimum absolute atomic E-state index is 0.0278. The van der Waals surface area contributed by atoms with Crippen LogP contribution in [-0.4, -0.2) is 21.1 Å². The number of carbonyl (C=O) groups excluding carboxylic acids is 1. The quantitative estimate of drug-likeness (QED) is 0.768. The van der Waals surface area contributed by atoms with Gasteiger partial charge < -0.3 is 11.1 Å². The van der Waals surface area contributed by atoms with E-state index < -0.39 is 0 Å². The van der Waals surface area contributed by atoms with Gasteiger partial charge in [-0.2, -0.15) is 4.98 Å². The first-order valence-electron chi connectivity index (χ1n) is 6.28. The van der Waals surface area contributed by atoms with Gasteiger partial charge in [0.25, 0.3) is 5.91 Å². The zero-order valence-corrected chi connectivity index (χ0v) is 10.3. The van der Waals surface area contributed by atoms with Crippen molar-refractivity contribution in [1.29, 1.82) is 0 Å². The highest BCUT2D eigenvalue weighted by Gasteiger charge is 2.33. The topological polar surface area (TPSA) is 96.7 Å². The molecular formula is C13H15N5O. The maximum absolute atomic E-state index is 12.1. The van der Waals surface area contributed by atoms with Crippen molar-refractivity contribution in [2.45, 2.75) is 18.9 Å². The largest absolute Gasteiger partial charge is 0.366 e. The second kappa shape index (κ2) is 4.72. The van der Waals surface area contributed by atoms with E-state index in [0.29, 0.717) is 5.92 Å². The van der Waals surface area contributed by atoms with E-state index in [1.54, 1.807) is 0 Å². The van der Waals surface area contributed by atoms with Crippen molar-refractivity contribution >= 4 is 11.9 Å². The van der Waals surface area contributed by atoms with Crippen LogP contribution in [0.4, 0.5) is 5.95 Å².